The fraction of sp³-hybridized carbons (Fsp3) is 0.467. The molecule has 1 aliphatic rings. The number of nitrogens with one attached hydrogen (secondary N) is 1. The zero-order chi connectivity index (χ0) is 13.9. The van der Waals surface area contributed by atoms with Crippen LogP contribution in [0.15, 0.2) is 18.2 Å². The Kier molecular flexibility index (Phi) is 3.87. The number of thiazole rings is 1. The van der Waals surface area contributed by atoms with E-state index in [1.165, 1.54) is 43.4 Å². The number of benzene rings is 1. The first kappa shape index (κ1) is 13.4. The lowest BCUT2D eigenvalue weighted by molar-refractivity contribution is 0.0943. The summed E-state index contributed by atoms with van der Waals surface area (Å²) in [6.45, 7) is 0.793. The van der Waals surface area contributed by atoms with Crippen LogP contribution in [0.3, 0.4) is 0 Å². The summed E-state index contributed by atoms with van der Waals surface area (Å²) in [5.74, 6) is 0.653. The minimum Gasteiger partial charge on any atom is -0.375 e. The van der Waals surface area contributed by atoms with Gasteiger partial charge >= 0.3 is 0 Å². The van der Waals surface area contributed by atoms with Crippen LogP contribution in [0.2, 0.25) is 0 Å². The van der Waals surface area contributed by atoms with Crippen molar-refractivity contribution in [1.82, 2.24) is 10.3 Å². The Morgan fingerprint density at radius 2 is 2.15 bits per heavy atom. The highest BCUT2D eigenvalue weighted by atomic mass is 32.1. The van der Waals surface area contributed by atoms with Gasteiger partial charge in [0, 0.05) is 12.1 Å². The average molecular weight is 289 g/mol. The van der Waals surface area contributed by atoms with Gasteiger partial charge in [0.05, 0.1) is 10.2 Å². The van der Waals surface area contributed by atoms with Crippen LogP contribution in [-0.4, -0.2) is 17.4 Å². The van der Waals surface area contributed by atoms with E-state index < -0.39 is 0 Å². The van der Waals surface area contributed by atoms with E-state index >= 15 is 0 Å². The number of fused-ring (bicyclic) bond motifs is 1. The van der Waals surface area contributed by atoms with Crippen LogP contribution < -0.4 is 11.1 Å². The van der Waals surface area contributed by atoms with Crippen molar-refractivity contribution in [3.05, 3.63) is 23.8 Å². The van der Waals surface area contributed by atoms with Crippen LogP contribution in [0.5, 0.6) is 0 Å². The summed E-state index contributed by atoms with van der Waals surface area (Å²) in [5.41, 5.74) is 7.23. The standard InChI is InChI=1S/C15H19N3OS/c16-15-18-12-7-6-11(8-13(12)20-15)14(19)17-9-10-4-2-1-3-5-10/h6-8,10H,1-5,9H2,(H2,16,18)(H,17,19). The molecular weight excluding hydrogens is 270 g/mol. The van der Waals surface area contributed by atoms with Crippen molar-refractivity contribution in [3.8, 4) is 0 Å². The van der Waals surface area contributed by atoms with Crippen LogP contribution in [0, 0.1) is 5.92 Å². The summed E-state index contributed by atoms with van der Waals surface area (Å²) in [7, 11) is 0. The van der Waals surface area contributed by atoms with E-state index in [2.05, 4.69) is 10.3 Å². The monoisotopic (exact) mass is 289 g/mol. The summed E-state index contributed by atoms with van der Waals surface area (Å²) in [4.78, 5) is 16.4. The highest BCUT2D eigenvalue weighted by Crippen LogP contribution is 2.25. The number of hydrogen-bond acceptors (Lipinski definition) is 4. The lowest BCUT2D eigenvalue weighted by atomic mass is 9.89. The van der Waals surface area contributed by atoms with Crippen LogP contribution in [0.25, 0.3) is 10.2 Å². The predicted molar refractivity (Wildman–Crippen MR) is 82.9 cm³/mol. The number of aromatic nitrogens is 1. The molecule has 0 spiro atoms. The summed E-state index contributed by atoms with van der Waals surface area (Å²) in [5, 5.41) is 3.60. The Morgan fingerprint density at radius 3 is 2.95 bits per heavy atom. The van der Waals surface area contributed by atoms with Gasteiger partial charge in [-0.1, -0.05) is 30.6 Å². The van der Waals surface area contributed by atoms with Crippen LogP contribution in [0.4, 0.5) is 5.13 Å². The van der Waals surface area contributed by atoms with Gasteiger partial charge in [-0.2, -0.15) is 0 Å². The molecule has 0 unspecified atom stereocenters. The Bertz CT molecular complexity index is 617. The number of nitrogen functional groups attached to an aromatic ring is 1. The van der Waals surface area contributed by atoms with Crippen molar-refractivity contribution >= 4 is 32.6 Å². The molecule has 4 nitrogen and oxygen atoms in total. The fourth-order valence-electron chi connectivity index (χ4n) is 2.81. The van der Waals surface area contributed by atoms with E-state index in [1.54, 1.807) is 0 Å². The Balaban J connectivity index is 1.65. The molecule has 1 aromatic heterocycles. The lowest BCUT2D eigenvalue weighted by Crippen LogP contribution is -2.30. The molecule has 0 radical (unpaired) electrons. The van der Waals surface area contributed by atoms with E-state index in [9.17, 15) is 4.79 Å². The second-order valence-electron chi connectivity index (χ2n) is 5.45. The highest BCUT2D eigenvalue weighted by Gasteiger charge is 2.15. The van der Waals surface area contributed by atoms with E-state index in [-0.39, 0.29) is 5.91 Å². The third kappa shape index (κ3) is 2.93. The van der Waals surface area contributed by atoms with Crippen molar-refractivity contribution in [1.29, 1.82) is 0 Å². The molecule has 0 bridgehead atoms. The van der Waals surface area contributed by atoms with Crippen LogP contribution >= 0.6 is 11.3 Å². The molecule has 1 aliphatic carbocycles. The molecule has 1 heterocycles. The number of carbonyl (C=O) groups excluding carboxylic acids is 1. The maximum absolute atomic E-state index is 12.2. The van der Waals surface area contributed by atoms with E-state index in [0.717, 1.165) is 16.8 Å². The number of nitrogens with zero attached hydrogens (tertiary/aromatic N) is 1. The summed E-state index contributed by atoms with van der Waals surface area (Å²) in [6.07, 6.45) is 6.42. The van der Waals surface area contributed by atoms with Gasteiger partial charge in [0.2, 0.25) is 0 Å². The van der Waals surface area contributed by atoms with Gasteiger partial charge in [-0.05, 0) is 37.0 Å². The van der Waals surface area contributed by atoms with E-state index in [1.807, 2.05) is 18.2 Å². The zero-order valence-electron chi connectivity index (χ0n) is 11.4. The molecule has 2 aromatic rings. The Morgan fingerprint density at radius 1 is 1.35 bits per heavy atom. The van der Waals surface area contributed by atoms with Gasteiger partial charge in [0.25, 0.3) is 5.91 Å². The number of hydrogen-bond donors (Lipinski definition) is 2. The predicted octanol–water partition coefficient (Wildman–Crippen LogP) is 3.19. The number of rotatable bonds is 3. The quantitative estimate of drug-likeness (QED) is 0.911. The first-order valence-corrected chi connectivity index (χ1v) is 7.98. The molecule has 1 fully saturated rings. The fourth-order valence-corrected chi connectivity index (χ4v) is 3.59. The average Bonchev–Trinajstić information content (AvgIpc) is 2.85. The molecule has 106 valence electrons. The molecule has 20 heavy (non-hydrogen) atoms. The van der Waals surface area contributed by atoms with Crippen LogP contribution in [-0.2, 0) is 0 Å². The van der Waals surface area contributed by atoms with Crippen molar-refractivity contribution in [2.45, 2.75) is 32.1 Å². The zero-order valence-corrected chi connectivity index (χ0v) is 12.2. The van der Waals surface area contributed by atoms with E-state index in [0.29, 0.717) is 16.6 Å². The molecule has 5 heteroatoms. The molecular formula is C15H19N3OS. The van der Waals surface area contributed by atoms with Gasteiger partial charge < -0.3 is 11.1 Å². The number of amides is 1. The minimum absolute atomic E-state index is 0.00412. The second-order valence-corrected chi connectivity index (χ2v) is 6.51. The Hall–Kier alpha value is -1.62. The minimum atomic E-state index is 0.00412. The van der Waals surface area contributed by atoms with Gasteiger partial charge in [-0.25, -0.2) is 4.98 Å². The summed E-state index contributed by atoms with van der Waals surface area (Å²) >= 11 is 1.42. The Labute approximate surface area is 122 Å². The second kappa shape index (κ2) is 5.79. The largest absolute Gasteiger partial charge is 0.375 e. The molecule has 0 aliphatic heterocycles. The van der Waals surface area contributed by atoms with Crippen molar-refractivity contribution in [3.63, 3.8) is 0 Å². The molecule has 3 rings (SSSR count). The molecule has 0 saturated heterocycles. The van der Waals surface area contributed by atoms with Gasteiger partial charge in [0.1, 0.15) is 0 Å². The van der Waals surface area contributed by atoms with Crippen molar-refractivity contribution in [2.24, 2.45) is 5.92 Å². The third-order valence-corrected chi connectivity index (χ3v) is 4.79. The number of nitrogens with two attached hydrogens (primary N) is 1. The maximum atomic E-state index is 12.2. The first-order valence-electron chi connectivity index (χ1n) is 7.16. The van der Waals surface area contributed by atoms with Crippen molar-refractivity contribution < 1.29 is 4.79 Å². The summed E-state index contributed by atoms with van der Waals surface area (Å²) in [6, 6.07) is 5.55. The SMILES string of the molecule is Nc1nc2ccc(C(=O)NCC3CCCCC3)cc2s1. The topological polar surface area (TPSA) is 68.0 Å². The summed E-state index contributed by atoms with van der Waals surface area (Å²) < 4.78 is 0.966. The molecule has 1 aromatic carbocycles. The smallest absolute Gasteiger partial charge is 0.251 e. The maximum Gasteiger partial charge on any atom is 0.251 e. The van der Waals surface area contributed by atoms with Crippen LogP contribution in [0.1, 0.15) is 42.5 Å². The van der Waals surface area contributed by atoms with Gasteiger partial charge in [0.15, 0.2) is 5.13 Å². The normalized spacial score (nSPS) is 16.4. The van der Waals surface area contributed by atoms with Gasteiger partial charge in [-0.15, -0.1) is 0 Å². The lowest BCUT2D eigenvalue weighted by Gasteiger charge is -2.21. The van der Waals surface area contributed by atoms with E-state index in [4.69, 9.17) is 5.73 Å². The number of anilines is 1. The third-order valence-electron chi connectivity index (χ3n) is 3.94. The molecule has 0 atom stereocenters. The molecule has 3 N–H and O–H groups in total. The molecule has 1 saturated carbocycles. The highest BCUT2D eigenvalue weighted by molar-refractivity contribution is 7.22. The van der Waals surface area contributed by atoms with Crippen molar-refractivity contribution in [2.75, 3.05) is 12.3 Å². The first-order chi connectivity index (χ1) is 9.72. The van der Waals surface area contributed by atoms with Gasteiger partial charge in [-0.3, -0.25) is 4.79 Å². The molecule has 1 amide bonds. The number of carbonyl (C=O) groups is 1.